The quantitative estimate of drug-likeness (QED) is 0.339. The van der Waals surface area contributed by atoms with E-state index in [0.717, 1.165) is 33.4 Å². The van der Waals surface area contributed by atoms with Gasteiger partial charge < -0.3 is 24.1 Å². The minimum atomic E-state index is -0.688. The van der Waals surface area contributed by atoms with Gasteiger partial charge in [-0.25, -0.2) is 4.39 Å². The zero-order valence-corrected chi connectivity index (χ0v) is 23.1. The number of fused-ring (bicyclic) bond motifs is 2. The van der Waals surface area contributed by atoms with Crippen LogP contribution in [0.5, 0.6) is 17.2 Å². The van der Waals surface area contributed by atoms with Crippen molar-refractivity contribution in [1.82, 2.24) is 0 Å². The third-order valence-electron chi connectivity index (χ3n) is 7.62. The number of methoxy groups -OCH3 is 1. The second-order valence-corrected chi connectivity index (χ2v) is 11.1. The third kappa shape index (κ3) is 5.33. The van der Waals surface area contributed by atoms with Gasteiger partial charge in [0.15, 0.2) is 0 Å². The minimum Gasteiger partial charge on any atom is -0.492 e. The number of ether oxygens (including phenoxy) is 4. The number of aryl methyl sites for hydroxylation is 2. The molecule has 3 aromatic carbocycles. The molecule has 1 unspecified atom stereocenters. The van der Waals surface area contributed by atoms with Crippen LogP contribution in [-0.4, -0.2) is 37.0 Å². The van der Waals surface area contributed by atoms with Gasteiger partial charge in [-0.3, -0.25) is 4.79 Å². The number of aliphatic hydroxyl groups excluding tert-OH is 1. The average molecular weight is 535 g/mol. The summed E-state index contributed by atoms with van der Waals surface area (Å²) in [6, 6.07) is 12.9. The fraction of sp³-hybridized carbons (Fsp3) is 0.406. The highest BCUT2D eigenvalue weighted by Crippen LogP contribution is 2.45. The van der Waals surface area contributed by atoms with Crippen molar-refractivity contribution < 1.29 is 33.2 Å². The Morgan fingerprint density at radius 3 is 2.54 bits per heavy atom. The number of halogens is 1. The van der Waals surface area contributed by atoms with Crippen LogP contribution in [0, 0.1) is 19.7 Å². The van der Waals surface area contributed by atoms with Crippen LogP contribution in [0.2, 0.25) is 0 Å². The van der Waals surface area contributed by atoms with Gasteiger partial charge >= 0.3 is 5.97 Å². The van der Waals surface area contributed by atoms with Crippen LogP contribution in [-0.2, 0) is 16.0 Å². The second-order valence-electron chi connectivity index (χ2n) is 11.1. The number of hydrogen-bond donors (Lipinski definition) is 1. The SMILES string of the molecule is COC(=O)CC1COc2cc(O[C@@H]3CCc4c(-c5c(C)cc(OC(C)(C)CO)cc5C)ccc(F)c43)ccc21. The molecule has 0 saturated heterocycles. The van der Waals surface area contributed by atoms with Crippen LogP contribution in [0.1, 0.15) is 66.5 Å². The van der Waals surface area contributed by atoms with Crippen molar-refractivity contribution in [2.24, 2.45) is 0 Å². The summed E-state index contributed by atoms with van der Waals surface area (Å²) in [5.74, 6) is 1.40. The molecule has 0 fully saturated rings. The maximum absolute atomic E-state index is 15.3. The van der Waals surface area contributed by atoms with Crippen LogP contribution in [0.15, 0.2) is 42.5 Å². The van der Waals surface area contributed by atoms with Crippen LogP contribution in [0.25, 0.3) is 11.1 Å². The lowest BCUT2D eigenvalue weighted by atomic mass is 9.90. The highest BCUT2D eigenvalue weighted by molar-refractivity contribution is 5.76. The van der Waals surface area contributed by atoms with E-state index in [1.165, 1.54) is 13.2 Å². The summed E-state index contributed by atoms with van der Waals surface area (Å²) in [6.07, 6.45) is 1.21. The number of rotatable bonds is 8. The van der Waals surface area contributed by atoms with E-state index in [1.54, 1.807) is 0 Å². The van der Waals surface area contributed by atoms with Crippen LogP contribution >= 0.6 is 0 Å². The van der Waals surface area contributed by atoms with Crippen molar-refractivity contribution in [1.29, 1.82) is 0 Å². The summed E-state index contributed by atoms with van der Waals surface area (Å²) in [6.45, 7) is 8.05. The molecule has 0 aromatic heterocycles. The van der Waals surface area contributed by atoms with E-state index in [1.807, 2.05) is 64.1 Å². The van der Waals surface area contributed by atoms with E-state index in [0.29, 0.717) is 42.3 Å². The molecule has 1 heterocycles. The summed E-state index contributed by atoms with van der Waals surface area (Å²) in [4.78, 5) is 11.7. The monoisotopic (exact) mass is 534 g/mol. The predicted octanol–water partition coefficient (Wildman–Crippen LogP) is 6.36. The Hall–Kier alpha value is -3.58. The van der Waals surface area contributed by atoms with Crippen molar-refractivity contribution in [3.8, 4) is 28.4 Å². The summed E-state index contributed by atoms with van der Waals surface area (Å²) in [5.41, 5.74) is 5.93. The lowest BCUT2D eigenvalue weighted by Gasteiger charge is -2.25. The minimum absolute atomic E-state index is 0.0494. The van der Waals surface area contributed by atoms with Gasteiger partial charge in [0.2, 0.25) is 0 Å². The zero-order chi connectivity index (χ0) is 27.9. The predicted molar refractivity (Wildman–Crippen MR) is 146 cm³/mol. The Morgan fingerprint density at radius 1 is 1.10 bits per heavy atom. The molecule has 0 amide bonds. The molecule has 3 aromatic rings. The van der Waals surface area contributed by atoms with E-state index < -0.39 is 11.7 Å². The van der Waals surface area contributed by atoms with Crippen molar-refractivity contribution in [3.05, 3.63) is 76.1 Å². The molecule has 0 radical (unpaired) electrons. The molecule has 0 spiro atoms. The summed E-state index contributed by atoms with van der Waals surface area (Å²) < 4.78 is 38.2. The largest absolute Gasteiger partial charge is 0.492 e. The molecule has 0 bridgehead atoms. The summed E-state index contributed by atoms with van der Waals surface area (Å²) >= 11 is 0. The highest BCUT2D eigenvalue weighted by atomic mass is 19.1. The molecule has 1 N–H and O–H groups in total. The Kier molecular flexibility index (Phi) is 7.29. The molecule has 0 saturated carbocycles. The van der Waals surface area contributed by atoms with Crippen LogP contribution in [0.4, 0.5) is 4.39 Å². The number of aliphatic hydroxyl groups is 1. The van der Waals surface area contributed by atoms with Gasteiger partial charge in [-0.2, -0.15) is 0 Å². The highest BCUT2D eigenvalue weighted by Gasteiger charge is 2.32. The molecule has 1 aliphatic carbocycles. The lowest BCUT2D eigenvalue weighted by molar-refractivity contribution is -0.141. The summed E-state index contributed by atoms with van der Waals surface area (Å²) in [5, 5.41) is 9.59. The van der Waals surface area contributed by atoms with E-state index in [-0.39, 0.29) is 30.7 Å². The number of esters is 1. The topological polar surface area (TPSA) is 74.2 Å². The van der Waals surface area contributed by atoms with E-state index in [4.69, 9.17) is 18.9 Å². The molecule has 206 valence electrons. The van der Waals surface area contributed by atoms with Gasteiger partial charge in [-0.05, 0) is 92.6 Å². The molecular formula is C32H35FO6. The molecule has 5 rings (SSSR count). The Bertz CT molecular complexity index is 1390. The van der Waals surface area contributed by atoms with Gasteiger partial charge in [0, 0.05) is 23.1 Å². The standard InChI is InChI=1S/C32H35FO6/c1-18-12-22(39-32(3,4)17-34)13-19(2)30(18)24-8-10-26(33)31-25(24)9-11-27(31)38-21-6-7-23-20(14-29(35)36-5)16-37-28(23)15-21/h6-8,10,12-13,15,20,27,34H,9,11,14,16-17H2,1-5H3/t20?,27-/m1/s1. The van der Waals surface area contributed by atoms with E-state index >= 15 is 4.39 Å². The average Bonchev–Trinajstić information content (AvgIpc) is 3.49. The maximum atomic E-state index is 15.3. The van der Waals surface area contributed by atoms with Crippen molar-refractivity contribution >= 4 is 5.97 Å². The number of carbonyl (C=O) groups is 1. The maximum Gasteiger partial charge on any atom is 0.306 e. The molecular weight excluding hydrogens is 499 g/mol. The van der Waals surface area contributed by atoms with Gasteiger partial charge in [-0.15, -0.1) is 0 Å². The zero-order valence-electron chi connectivity index (χ0n) is 23.1. The van der Waals surface area contributed by atoms with Crippen molar-refractivity contribution in [2.75, 3.05) is 20.3 Å². The van der Waals surface area contributed by atoms with Crippen LogP contribution in [0.3, 0.4) is 0 Å². The van der Waals surface area contributed by atoms with E-state index in [9.17, 15) is 9.90 Å². The second kappa shape index (κ2) is 10.5. The Labute approximate surface area is 228 Å². The summed E-state index contributed by atoms with van der Waals surface area (Å²) in [7, 11) is 1.38. The molecule has 39 heavy (non-hydrogen) atoms. The fourth-order valence-corrected chi connectivity index (χ4v) is 5.73. The normalized spacial score (nSPS) is 17.8. The first kappa shape index (κ1) is 27.0. The van der Waals surface area contributed by atoms with Crippen molar-refractivity contribution in [2.45, 2.75) is 64.6 Å². The fourth-order valence-electron chi connectivity index (χ4n) is 5.73. The third-order valence-corrected chi connectivity index (χ3v) is 7.62. The number of carbonyl (C=O) groups excluding carboxylic acids is 1. The van der Waals surface area contributed by atoms with E-state index in [2.05, 4.69) is 0 Å². The first-order valence-electron chi connectivity index (χ1n) is 13.3. The van der Waals surface area contributed by atoms with Gasteiger partial charge in [0.05, 0.1) is 26.7 Å². The smallest absolute Gasteiger partial charge is 0.306 e. The molecule has 1 aliphatic heterocycles. The molecule has 6 nitrogen and oxygen atoms in total. The van der Waals surface area contributed by atoms with Gasteiger partial charge in [-0.1, -0.05) is 12.1 Å². The molecule has 7 heteroatoms. The first-order valence-corrected chi connectivity index (χ1v) is 13.3. The van der Waals surface area contributed by atoms with Crippen molar-refractivity contribution in [3.63, 3.8) is 0 Å². The van der Waals surface area contributed by atoms with Gasteiger partial charge in [0.1, 0.15) is 34.8 Å². The first-order chi connectivity index (χ1) is 18.6. The molecule has 2 aliphatic rings. The molecule has 2 atom stereocenters. The van der Waals surface area contributed by atoms with Gasteiger partial charge in [0.25, 0.3) is 0 Å². The van der Waals surface area contributed by atoms with Crippen LogP contribution < -0.4 is 14.2 Å². The number of hydrogen-bond acceptors (Lipinski definition) is 6. The Morgan fingerprint density at radius 2 is 1.85 bits per heavy atom. The number of benzene rings is 3. The lowest BCUT2D eigenvalue weighted by Crippen LogP contribution is -2.32. The Balaban J connectivity index is 1.41.